The van der Waals surface area contributed by atoms with Crippen molar-refractivity contribution in [1.29, 1.82) is 0 Å². The first-order chi connectivity index (χ1) is 12.6. The quantitative estimate of drug-likeness (QED) is 0.644. The van der Waals surface area contributed by atoms with E-state index in [0.717, 1.165) is 35.4 Å². The Bertz CT molecular complexity index is 996. The summed E-state index contributed by atoms with van der Waals surface area (Å²) in [5, 5.41) is 2.32. The minimum atomic E-state index is 0.689. The van der Waals surface area contributed by atoms with E-state index in [1.165, 1.54) is 10.9 Å². The lowest BCUT2D eigenvalue weighted by atomic mass is 10.1. The first kappa shape index (κ1) is 18.1. The Balaban J connectivity index is 2.32. The van der Waals surface area contributed by atoms with Crippen molar-refractivity contribution in [3.05, 3.63) is 53.4 Å². The molecule has 0 spiro atoms. The third-order valence-electron chi connectivity index (χ3n) is 4.67. The molecule has 0 saturated carbocycles. The van der Waals surface area contributed by atoms with E-state index in [1.54, 1.807) is 14.2 Å². The van der Waals surface area contributed by atoms with Crippen LogP contribution in [0.1, 0.15) is 19.4 Å². The first-order valence-electron chi connectivity index (χ1n) is 8.96. The van der Waals surface area contributed by atoms with Gasteiger partial charge in [-0.3, -0.25) is 0 Å². The first-order valence-corrected chi connectivity index (χ1v) is 8.96. The molecular weight excluding hydrogens is 326 g/mol. The van der Waals surface area contributed by atoms with Crippen molar-refractivity contribution in [2.45, 2.75) is 20.8 Å². The Hall–Kier alpha value is -2.75. The second-order valence-electron chi connectivity index (χ2n) is 6.24. The number of benzene rings is 2. The van der Waals surface area contributed by atoms with Crippen molar-refractivity contribution in [3.63, 3.8) is 0 Å². The van der Waals surface area contributed by atoms with Crippen molar-refractivity contribution < 1.29 is 13.9 Å². The molecule has 4 heteroatoms. The van der Waals surface area contributed by atoms with Gasteiger partial charge in [0, 0.05) is 5.56 Å². The predicted molar refractivity (Wildman–Crippen MR) is 106 cm³/mol. The average molecular weight is 352 g/mol. The van der Waals surface area contributed by atoms with Crippen LogP contribution >= 0.6 is 0 Å². The Morgan fingerprint density at radius 2 is 1.62 bits per heavy atom. The fourth-order valence-corrected chi connectivity index (χ4v) is 3.24. The number of nitrogens with zero attached hydrogens (tertiary/aromatic N) is 1. The molecule has 0 atom stereocenters. The zero-order valence-electron chi connectivity index (χ0n) is 16.1. The normalized spacial score (nSPS) is 10.8. The van der Waals surface area contributed by atoms with Crippen LogP contribution in [0.25, 0.3) is 22.3 Å². The molecule has 0 aliphatic rings. The number of rotatable bonds is 5. The number of ether oxygens (including phenoxy) is 2. The summed E-state index contributed by atoms with van der Waals surface area (Å²) >= 11 is 0. The van der Waals surface area contributed by atoms with Gasteiger partial charge in [0.15, 0.2) is 11.5 Å². The second kappa shape index (κ2) is 7.65. The zero-order valence-corrected chi connectivity index (χ0v) is 16.1. The van der Waals surface area contributed by atoms with Gasteiger partial charge in [-0.15, -0.1) is 0 Å². The van der Waals surface area contributed by atoms with Crippen molar-refractivity contribution in [2.75, 3.05) is 27.3 Å². The van der Waals surface area contributed by atoms with Crippen LogP contribution in [0.15, 0.2) is 46.9 Å². The molecule has 0 unspecified atom stereocenters. The standard InChI is InChI=1S/C22H26NO3/c1-6-23(7-2)18-14-21(26-19-10-8-15(3)12-17(18)19)16-9-11-20(24-4)22(13-16)25-5/h8-14H,6-7H2,1-5H3/q+1. The Labute approximate surface area is 154 Å². The van der Waals surface area contributed by atoms with Crippen LogP contribution in [0.5, 0.6) is 11.5 Å². The highest BCUT2D eigenvalue weighted by Crippen LogP contribution is 2.32. The second-order valence-corrected chi connectivity index (χ2v) is 6.24. The summed E-state index contributed by atoms with van der Waals surface area (Å²) in [6, 6.07) is 14.3. The third kappa shape index (κ3) is 3.32. The third-order valence-corrected chi connectivity index (χ3v) is 4.67. The van der Waals surface area contributed by atoms with E-state index < -0.39 is 0 Å². The highest BCUT2D eigenvalue weighted by Gasteiger charge is 2.14. The molecule has 0 saturated heterocycles. The molecule has 136 valence electrons. The molecule has 0 amide bonds. The molecular formula is C22H26NO3+. The molecule has 4 nitrogen and oxygen atoms in total. The maximum Gasteiger partial charge on any atom is 0.214 e. The van der Waals surface area contributed by atoms with Crippen molar-refractivity contribution >= 4 is 11.0 Å². The van der Waals surface area contributed by atoms with Gasteiger partial charge >= 0.3 is 0 Å². The van der Waals surface area contributed by atoms with E-state index in [2.05, 4.69) is 43.5 Å². The molecule has 0 fully saturated rings. The van der Waals surface area contributed by atoms with Crippen LogP contribution in [0.2, 0.25) is 0 Å². The lowest BCUT2D eigenvalue weighted by Crippen LogP contribution is -2.30. The summed E-state index contributed by atoms with van der Waals surface area (Å²) in [7, 11) is 3.28. The van der Waals surface area contributed by atoms with Crippen LogP contribution in [0, 0.1) is 6.92 Å². The fraction of sp³-hybridized carbons (Fsp3) is 0.318. The minimum Gasteiger partial charge on any atom is -0.493 e. The van der Waals surface area contributed by atoms with E-state index >= 15 is 0 Å². The highest BCUT2D eigenvalue weighted by molar-refractivity contribution is 5.79. The lowest BCUT2D eigenvalue weighted by Gasteiger charge is -2.10. The highest BCUT2D eigenvalue weighted by atomic mass is 16.5. The molecule has 0 aliphatic heterocycles. The molecule has 3 aromatic rings. The van der Waals surface area contributed by atoms with E-state index in [0.29, 0.717) is 11.5 Å². The summed E-state index contributed by atoms with van der Waals surface area (Å²) in [5.41, 5.74) is 3.06. The van der Waals surface area contributed by atoms with E-state index in [-0.39, 0.29) is 0 Å². The summed E-state index contributed by atoms with van der Waals surface area (Å²) in [4.78, 5) is 0. The van der Waals surface area contributed by atoms with E-state index in [1.807, 2.05) is 24.3 Å². The van der Waals surface area contributed by atoms with Gasteiger partial charge in [-0.25, -0.2) is 4.58 Å². The van der Waals surface area contributed by atoms with Crippen molar-refractivity contribution in [2.24, 2.45) is 0 Å². The van der Waals surface area contributed by atoms with Crippen molar-refractivity contribution in [3.8, 4) is 22.8 Å². The monoisotopic (exact) mass is 352 g/mol. The predicted octanol–water partition coefficient (Wildman–Crippen LogP) is 4.24. The number of hydrogen-bond acceptors (Lipinski definition) is 3. The lowest BCUT2D eigenvalue weighted by molar-refractivity contribution is 0.355. The van der Waals surface area contributed by atoms with Gasteiger partial charge < -0.3 is 13.9 Å². The molecule has 0 aliphatic carbocycles. The molecule has 0 radical (unpaired) electrons. The van der Waals surface area contributed by atoms with Crippen molar-refractivity contribution in [1.82, 2.24) is 4.58 Å². The Morgan fingerprint density at radius 1 is 0.885 bits per heavy atom. The van der Waals surface area contributed by atoms with Crippen LogP contribution in [0.3, 0.4) is 0 Å². The maximum atomic E-state index is 6.23. The van der Waals surface area contributed by atoms with E-state index in [9.17, 15) is 0 Å². The molecule has 2 aromatic carbocycles. The van der Waals surface area contributed by atoms with Crippen LogP contribution < -0.4 is 19.4 Å². The van der Waals surface area contributed by atoms with Crippen LogP contribution in [0.4, 0.5) is 0 Å². The maximum absolute atomic E-state index is 6.23. The molecule has 3 rings (SSSR count). The van der Waals surface area contributed by atoms with Gasteiger partial charge in [-0.2, -0.15) is 0 Å². The summed E-state index contributed by atoms with van der Waals surface area (Å²) in [6.45, 7) is 8.33. The number of aryl methyl sites for hydroxylation is 1. The zero-order chi connectivity index (χ0) is 18.7. The average Bonchev–Trinajstić information content (AvgIpc) is 2.68. The summed E-state index contributed by atoms with van der Waals surface area (Å²) in [6.07, 6.45) is 0. The number of methoxy groups -OCH3 is 2. The number of hydrogen-bond donors (Lipinski definition) is 0. The molecule has 0 N–H and O–H groups in total. The topological polar surface area (TPSA) is 34.6 Å². The summed E-state index contributed by atoms with van der Waals surface area (Å²) in [5.74, 6) is 2.20. The smallest absolute Gasteiger partial charge is 0.214 e. The Kier molecular flexibility index (Phi) is 5.31. The van der Waals surface area contributed by atoms with Gasteiger partial charge in [0.1, 0.15) is 24.4 Å². The van der Waals surface area contributed by atoms with Crippen LogP contribution in [-0.2, 0) is 0 Å². The van der Waals surface area contributed by atoms with Gasteiger partial charge in [-0.05, 0) is 51.1 Å². The molecule has 1 aromatic heterocycles. The van der Waals surface area contributed by atoms with Gasteiger partial charge in [0.2, 0.25) is 5.36 Å². The summed E-state index contributed by atoms with van der Waals surface area (Å²) < 4.78 is 19.4. The largest absolute Gasteiger partial charge is 0.493 e. The van der Waals surface area contributed by atoms with Gasteiger partial charge in [-0.1, -0.05) is 11.6 Å². The SMILES string of the molecule is CC[N+](CC)=c1cc(-c2ccc(OC)c(OC)c2)oc2ccc(C)cc12. The molecule has 0 bridgehead atoms. The Morgan fingerprint density at radius 3 is 2.27 bits per heavy atom. The number of fused-ring (bicyclic) bond motifs is 1. The van der Waals surface area contributed by atoms with E-state index in [4.69, 9.17) is 13.9 Å². The van der Waals surface area contributed by atoms with Crippen LogP contribution in [-0.4, -0.2) is 27.3 Å². The van der Waals surface area contributed by atoms with Gasteiger partial charge in [0.25, 0.3) is 0 Å². The molecule has 26 heavy (non-hydrogen) atoms. The van der Waals surface area contributed by atoms with Gasteiger partial charge in [0.05, 0.1) is 25.7 Å². The molecule has 1 heterocycles. The fourth-order valence-electron chi connectivity index (χ4n) is 3.24. The minimum absolute atomic E-state index is 0.689.